The van der Waals surface area contributed by atoms with Crippen molar-refractivity contribution in [3.8, 4) is 5.88 Å². The molecular formula is C20H21FN4O2. The number of aryl methyl sites for hydroxylation is 2. The second-order valence-electron chi connectivity index (χ2n) is 6.26. The molecule has 0 bridgehead atoms. The number of hydrogen-bond donors (Lipinski definition) is 1. The summed E-state index contributed by atoms with van der Waals surface area (Å²) in [5, 5.41) is 4.01. The summed E-state index contributed by atoms with van der Waals surface area (Å²) in [5.74, 6) is 1.37. The molecule has 0 amide bonds. The van der Waals surface area contributed by atoms with Gasteiger partial charge in [0.1, 0.15) is 17.4 Å². The monoisotopic (exact) mass is 368 g/mol. The molecule has 1 N–H and O–H groups in total. The third-order valence-electron chi connectivity index (χ3n) is 4.40. The number of aliphatic imine (C=N–C) groups is 1. The summed E-state index contributed by atoms with van der Waals surface area (Å²) in [7, 11) is 1.51. The highest BCUT2D eigenvalue weighted by Gasteiger charge is 2.16. The average molecular weight is 368 g/mol. The molecule has 0 aromatic carbocycles. The molecule has 3 rings (SSSR count). The molecule has 0 unspecified atom stereocenters. The number of allylic oxidation sites excluding steroid dienone is 1. The average Bonchev–Trinajstić information content (AvgIpc) is 3.18. The molecule has 0 aliphatic carbocycles. The third kappa shape index (κ3) is 3.67. The topological polar surface area (TPSA) is 76.3 Å². The summed E-state index contributed by atoms with van der Waals surface area (Å²) in [6.45, 7) is 9.39. The van der Waals surface area contributed by atoms with Gasteiger partial charge in [-0.15, -0.1) is 0 Å². The number of hydrogen-bond acceptors (Lipinski definition) is 5. The van der Waals surface area contributed by atoms with Gasteiger partial charge in [0.05, 0.1) is 19.0 Å². The summed E-state index contributed by atoms with van der Waals surface area (Å²) >= 11 is 0. The van der Waals surface area contributed by atoms with Crippen molar-refractivity contribution in [2.45, 2.75) is 27.2 Å². The van der Waals surface area contributed by atoms with Crippen molar-refractivity contribution in [3.63, 3.8) is 0 Å². The maximum Gasteiger partial charge on any atom is 0.216 e. The van der Waals surface area contributed by atoms with Crippen LogP contribution >= 0.6 is 0 Å². The molecule has 0 saturated heterocycles. The summed E-state index contributed by atoms with van der Waals surface area (Å²) in [6, 6.07) is 1.43. The van der Waals surface area contributed by atoms with Gasteiger partial charge in [0.25, 0.3) is 0 Å². The normalized spacial score (nSPS) is 11.7. The molecule has 0 atom stereocenters. The van der Waals surface area contributed by atoms with Crippen molar-refractivity contribution >= 4 is 24.2 Å². The molecule has 0 fully saturated rings. The van der Waals surface area contributed by atoms with E-state index in [0.29, 0.717) is 23.7 Å². The highest BCUT2D eigenvalue weighted by molar-refractivity contribution is 5.85. The first-order valence-electron chi connectivity index (χ1n) is 8.41. The number of H-pyrrole nitrogens is 1. The number of aromatic amines is 1. The van der Waals surface area contributed by atoms with Crippen molar-refractivity contribution < 1.29 is 13.7 Å². The molecule has 140 valence electrons. The van der Waals surface area contributed by atoms with Gasteiger partial charge in [-0.05, 0) is 50.8 Å². The summed E-state index contributed by atoms with van der Waals surface area (Å²) in [6.07, 6.45) is 5.40. The van der Waals surface area contributed by atoms with Crippen molar-refractivity contribution in [2.75, 3.05) is 7.11 Å². The second kappa shape index (κ2) is 7.57. The second-order valence-corrected chi connectivity index (χ2v) is 6.26. The zero-order valence-corrected chi connectivity index (χ0v) is 15.8. The third-order valence-corrected chi connectivity index (χ3v) is 4.40. The number of halogens is 1. The van der Waals surface area contributed by atoms with Crippen molar-refractivity contribution in [1.82, 2.24) is 15.1 Å². The van der Waals surface area contributed by atoms with Crippen LogP contribution in [0.5, 0.6) is 5.88 Å². The van der Waals surface area contributed by atoms with Crippen molar-refractivity contribution in [3.05, 3.63) is 58.0 Å². The van der Waals surface area contributed by atoms with Crippen LogP contribution in [-0.2, 0) is 6.42 Å². The van der Waals surface area contributed by atoms with E-state index in [9.17, 15) is 4.39 Å². The Morgan fingerprint density at radius 1 is 1.41 bits per heavy atom. The van der Waals surface area contributed by atoms with E-state index in [1.165, 1.54) is 13.2 Å². The van der Waals surface area contributed by atoms with Gasteiger partial charge in [-0.3, -0.25) is 0 Å². The minimum Gasteiger partial charge on any atom is -0.481 e. The lowest BCUT2D eigenvalue weighted by molar-refractivity contribution is 0.391. The Hall–Kier alpha value is -3.22. The Labute approximate surface area is 156 Å². The lowest BCUT2D eigenvalue weighted by Gasteiger charge is -2.08. The Kier molecular flexibility index (Phi) is 5.21. The summed E-state index contributed by atoms with van der Waals surface area (Å²) in [4.78, 5) is 11.2. The van der Waals surface area contributed by atoms with Crippen LogP contribution in [0.15, 0.2) is 28.0 Å². The predicted molar refractivity (Wildman–Crippen MR) is 103 cm³/mol. The Bertz CT molecular complexity index is 998. The molecule has 3 heterocycles. The standard InChI is InChI=1S/C20H21FN4O2/c1-11(18-12(2)25-27-13(18)3)6-17-15(9-23-19(17)22-4)7-14-8-16(21)10-24-20(14)26-5/h6,8-10,23H,4,7H2,1-3,5H3/b11-6+. The molecule has 6 nitrogen and oxygen atoms in total. The first-order chi connectivity index (χ1) is 12.9. The lowest BCUT2D eigenvalue weighted by Crippen LogP contribution is -1.98. The van der Waals surface area contributed by atoms with Crippen LogP contribution < -0.4 is 4.74 Å². The van der Waals surface area contributed by atoms with Crippen LogP contribution in [0.25, 0.3) is 11.6 Å². The fourth-order valence-electron chi connectivity index (χ4n) is 3.22. The molecule has 3 aromatic rings. The van der Waals surface area contributed by atoms with Crippen LogP contribution in [0, 0.1) is 19.7 Å². The zero-order chi connectivity index (χ0) is 19.6. The smallest absolute Gasteiger partial charge is 0.216 e. The molecule has 0 aliphatic heterocycles. The first-order valence-corrected chi connectivity index (χ1v) is 8.41. The molecule has 0 spiro atoms. The quantitative estimate of drug-likeness (QED) is 0.643. The van der Waals surface area contributed by atoms with Gasteiger partial charge >= 0.3 is 0 Å². The Morgan fingerprint density at radius 2 is 2.19 bits per heavy atom. The highest BCUT2D eigenvalue weighted by atomic mass is 19.1. The van der Waals surface area contributed by atoms with Gasteiger partial charge in [-0.25, -0.2) is 14.4 Å². The molecule has 0 saturated carbocycles. The number of pyridine rings is 1. The Morgan fingerprint density at radius 3 is 2.81 bits per heavy atom. The van der Waals surface area contributed by atoms with Crippen LogP contribution in [0.3, 0.4) is 0 Å². The SMILES string of the molecule is C=Nc1[nH]cc(Cc2cc(F)cnc2OC)c1/C=C(\C)c1c(C)noc1C. The van der Waals surface area contributed by atoms with Crippen LogP contribution in [0.2, 0.25) is 0 Å². The van der Waals surface area contributed by atoms with Gasteiger partial charge in [-0.1, -0.05) is 5.16 Å². The first kappa shape index (κ1) is 18.6. The van der Waals surface area contributed by atoms with E-state index in [4.69, 9.17) is 9.26 Å². The number of ether oxygens (including phenoxy) is 1. The van der Waals surface area contributed by atoms with Crippen molar-refractivity contribution in [2.24, 2.45) is 4.99 Å². The van der Waals surface area contributed by atoms with E-state index in [-0.39, 0.29) is 0 Å². The van der Waals surface area contributed by atoms with Gasteiger partial charge in [-0.2, -0.15) is 0 Å². The maximum absolute atomic E-state index is 13.7. The molecule has 27 heavy (non-hydrogen) atoms. The van der Waals surface area contributed by atoms with E-state index >= 15 is 0 Å². The number of nitrogens with one attached hydrogen (secondary N) is 1. The largest absolute Gasteiger partial charge is 0.481 e. The van der Waals surface area contributed by atoms with Gasteiger partial charge in [0.15, 0.2) is 0 Å². The number of nitrogens with zero attached hydrogens (tertiary/aromatic N) is 3. The Balaban J connectivity index is 2.05. The molecule has 0 aliphatic rings. The zero-order valence-electron chi connectivity index (χ0n) is 15.8. The minimum absolute atomic E-state index is 0.392. The summed E-state index contributed by atoms with van der Waals surface area (Å²) < 4.78 is 24.2. The maximum atomic E-state index is 13.7. The van der Waals surface area contributed by atoms with E-state index in [1.807, 2.05) is 33.0 Å². The van der Waals surface area contributed by atoms with Gasteiger partial charge in [0.2, 0.25) is 5.88 Å². The summed E-state index contributed by atoms with van der Waals surface area (Å²) in [5.41, 5.74) is 5.21. The van der Waals surface area contributed by atoms with Crippen LogP contribution in [0.1, 0.15) is 40.6 Å². The minimum atomic E-state index is -0.410. The molecular weight excluding hydrogens is 347 g/mol. The van der Waals surface area contributed by atoms with Crippen LogP contribution in [0.4, 0.5) is 10.2 Å². The fourth-order valence-corrected chi connectivity index (χ4v) is 3.22. The molecule has 3 aromatic heterocycles. The highest BCUT2D eigenvalue weighted by Crippen LogP contribution is 2.32. The van der Waals surface area contributed by atoms with Crippen LogP contribution in [-0.4, -0.2) is 29.0 Å². The number of aromatic nitrogens is 3. The predicted octanol–water partition coefficient (Wildman–Crippen LogP) is 4.65. The fraction of sp³-hybridized carbons (Fsp3) is 0.250. The number of rotatable bonds is 6. The molecule has 0 radical (unpaired) electrons. The van der Waals surface area contributed by atoms with Gasteiger partial charge < -0.3 is 14.2 Å². The molecule has 7 heteroatoms. The van der Waals surface area contributed by atoms with E-state index in [1.54, 1.807) is 0 Å². The van der Waals surface area contributed by atoms with Crippen molar-refractivity contribution in [1.29, 1.82) is 0 Å². The van der Waals surface area contributed by atoms with E-state index in [2.05, 4.69) is 26.8 Å². The lowest BCUT2D eigenvalue weighted by atomic mass is 9.99. The van der Waals surface area contributed by atoms with E-state index in [0.717, 1.165) is 39.9 Å². The van der Waals surface area contributed by atoms with Gasteiger partial charge in [0, 0.05) is 29.3 Å². The number of methoxy groups -OCH3 is 1. The van der Waals surface area contributed by atoms with E-state index < -0.39 is 5.82 Å².